The quantitative estimate of drug-likeness (QED) is 0.173. The molecule has 0 rings (SSSR count). The van der Waals surface area contributed by atoms with Crippen molar-refractivity contribution in [2.75, 3.05) is 72.0 Å². The fraction of sp³-hybridized carbons (Fsp3) is 0.941. The summed E-state index contributed by atoms with van der Waals surface area (Å²) in [5.74, 6) is 0.148. The first kappa shape index (κ1) is 23.3. The molecular weight excluding hydrogens is 304 g/mol. The molecule has 0 aromatic heterocycles. The number of rotatable bonds is 19. The number of hydrogen-bond donors (Lipinski definition) is 6. The van der Waals surface area contributed by atoms with Gasteiger partial charge < -0.3 is 31.9 Å². The minimum Gasteiger partial charge on any atom is -0.355 e. The number of hydrogen-bond acceptors (Lipinski definition) is 6. The molecule has 24 heavy (non-hydrogen) atoms. The molecule has 0 aliphatic heterocycles. The van der Waals surface area contributed by atoms with Crippen molar-refractivity contribution in [2.24, 2.45) is 0 Å². The molecule has 7 nitrogen and oxygen atoms in total. The van der Waals surface area contributed by atoms with E-state index in [2.05, 4.69) is 38.8 Å². The second kappa shape index (κ2) is 20.3. The SMILES string of the molecule is CCCNCCNCCNCCNCCNCCNC(=O)CCC. The monoisotopic (exact) mass is 344 g/mol. The van der Waals surface area contributed by atoms with E-state index < -0.39 is 0 Å². The van der Waals surface area contributed by atoms with Gasteiger partial charge in [-0.25, -0.2) is 0 Å². The molecule has 1 amide bonds. The molecule has 0 aromatic rings. The predicted octanol–water partition coefficient (Wildman–Crippen LogP) is -0.739. The summed E-state index contributed by atoms with van der Waals surface area (Å²) in [6.45, 7) is 14.8. The highest BCUT2D eigenvalue weighted by molar-refractivity contribution is 5.75. The van der Waals surface area contributed by atoms with E-state index in [1.165, 1.54) is 6.42 Å². The zero-order valence-electron chi connectivity index (χ0n) is 15.8. The lowest BCUT2D eigenvalue weighted by Gasteiger charge is -2.09. The van der Waals surface area contributed by atoms with Gasteiger partial charge in [0.25, 0.3) is 0 Å². The Morgan fingerprint density at radius 1 is 0.542 bits per heavy atom. The van der Waals surface area contributed by atoms with Crippen LogP contribution in [0.3, 0.4) is 0 Å². The Labute approximate surface area is 148 Å². The minimum absolute atomic E-state index is 0.148. The van der Waals surface area contributed by atoms with Crippen LogP contribution in [-0.4, -0.2) is 77.9 Å². The highest BCUT2D eigenvalue weighted by Gasteiger charge is 1.96. The first-order chi connectivity index (χ1) is 11.8. The standard InChI is InChI=1S/C17H40N6O/c1-3-5-17(24)23-16-15-22-14-13-21-12-11-20-10-9-19-8-7-18-6-4-2/h18-22H,3-16H2,1-2H3,(H,23,24). The lowest BCUT2D eigenvalue weighted by atomic mass is 10.3. The Morgan fingerprint density at radius 3 is 1.29 bits per heavy atom. The van der Waals surface area contributed by atoms with Gasteiger partial charge in [-0.1, -0.05) is 13.8 Å². The van der Waals surface area contributed by atoms with Gasteiger partial charge in [-0.05, 0) is 19.4 Å². The van der Waals surface area contributed by atoms with E-state index in [1.807, 2.05) is 6.92 Å². The van der Waals surface area contributed by atoms with E-state index in [0.717, 1.165) is 71.9 Å². The first-order valence-corrected chi connectivity index (χ1v) is 9.61. The highest BCUT2D eigenvalue weighted by atomic mass is 16.1. The van der Waals surface area contributed by atoms with Crippen LogP contribution in [0.5, 0.6) is 0 Å². The average molecular weight is 345 g/mol. The molecule has 0 heterocycles. The van der Waals surface area contributed by atoms with Gasteiger partial charge >= 0.3 is 0 Å². The van der Waals surface area contributed by atoms with Crippen LogP contribution >= 0.6 is 0 Å². The molecule has 7 heteroatoms. The maximum atomic E-state index is 11.2. The van der Waals surface area contributed by atoms with Crippen molar-refractivity contribution in [2.45, 2.75) is 33.1 Å². The summed E-state index contributed by atoms with van der Waals surface area (Å²) in [6, 6.07) is 0. The van der Waals surface area contributed by atoms with Crippen molar-refractivity contribution < 1.29 is 4.79 Å². The highest BCUT2D eigenvalue weighted by Crippen LogP contribution is 1.83. The second-order valence-electron chi connectivity index (χ2n) is 5.85. The van der Waals surface area contributed by atoms with Crippen molar-refractivity contribution in [3.63, 3.8) is 0 Å². The van der Waals surface area contributed by atoms with Crippen molar-refractivity contribution in [3.05, 3.63) is 0 Å². The van der Waals surface area contributed by atoms with Crippen LogP contribution in [-0.2, 0) is 4.79 Å². The summed E-state index contributed by atoms with van der Waals surface area (Å²) in [4.78, 5) is 11.2. The summed E-state index contributed by atoms with van der Waals surface area (Å²) in [5, 5.41) is 19.8. The Morgan fingerprint density at radius 2 is 0.917 bits per heavy atom. The molecular formula is C17H40N6O. The lowest BCUT2D eigenvalue weighted by Crippen LogP contribution is -2.37. The zero-order chi connectivity index (χ0) is 17.7. The fourth-order valence-corrected chi connectivity index (χ4v) is 2.11. The van der Waals surface area contributed by atoms with Gasteiger partial charge in [0.15, 0.2) is 0 Å². The summed E-state index contributed by atoms with van der Waals surface area (Å²) >= 11 is 0. The maximum absolute atomic E-state index is 11.2. The van der Waals surface area contributed by atoms with E-state index >= 15 is 0 Å². The topological polar surface area (TPSA) is 89.2 Å². The van der Waals surface area contributed by atoms with Crippen molar-refractivity contribution in [1.82, 2.24) is 31.9 Å². The number of carbonyl (C=O) groups excluding carboxylic acids is 1. The van der Waals surface area contributed by atoms with Gasteiger partial charge in [-0.15, -0.1) is 0 Å². The number of carbonyl (C=O) groups is 1. The lowest BCUT2D eigenvalue weighted by molar-refractivity contribution is -0.121. The zero-order valence-corrected chi connectivity index (χ0v) is 15.8. The van der Waals surface area contributed by atoms with E-state index in [9.17, 15) is 4.79 Å². The van der Waals surface area contributed by atoms with Crippen molar-refractivity contribution in [3.8, 4) is 0 Å². The van der Waals surface area contributed by atoms with Gasteiger partial charge in [0.1, 0.15) is 0 Å². The van der Waals surface area contributed by atoms with Crippen LogP contribution in [0.1, 0.15) is 33.1 Å². The molecule has 0 bridgehead atoms. The molecule has 144 valence electrons. The summed E-state index contributed by atoms with van der Waals surface area (Å²) < 4.78 is 0. The van der Waals surface area contributed by atoms with Gasteiger partial charge in [0, 0.05) is 71.9 Å². The smallest absolute Gasteiger partial charge is 0.220 e. The summed E-state index contributed by atoms with van der Waals surface area (Å²) in [6.07, 6.45) is 2.73. The van der Waals surface area contributed by atoms with E-state index in [4.69, 9.17) is 0 Å². The second-order valence-corrected chi connectivity index (χ2v) is 5.85. The minimum atomic E-state index is 0.148. The Balaban J connectivity index is 3.01. The summed E-state index contributed by atoms with van der Waals surface area (Å²) in [5.41, 5.74) is 0. The molecule has 0 spiro atoms. The molecule has 0 unspecified atom stereocenters. The Kier molecular flexibility index (Phi) is 19.7. The van der Waals surface area contributed by atoms with Crippen LogP contribution < -0.4 is 31.9 Å². The molecule has 0 aromatic carbocycles. The van der Waals surface area contributed by atoms with Crippen LogP contribution in [0.15, 0.2) is 0 Å². The third-order valence-electron chi connectivity index (χ3n) is 3.44. The largest absolute Gasteiger partial charge is 0.355 e. The van der Waals surface area contributed by atoms with Crippen LogP contribution in [0.2, 0.25) is 0 Å². The molecule has 0 fully saturated rings. The van der Waals surface area contributed by atoms with Crippen LogP contribution in [0.25, 0.3) is 0 Å². The maximum Gasteiger partial charge on any atom is 0.220 e. The van der Waals surface area contributed by atoms with Crippen molar-refractivity contribution >= 4 is 5.91 Å². The summed E-state index contributed by atoms with van der Waals surface area (Å²) in [7, 11) is 0. The van der Waals surface area contributed by atoms with Crippen LogP contribution in [0.4, 0.5) is 0 Å². The van der Waals surface area contributed by atoms with Gasteiger partial charge in [-0.2, -0.15) is 0 Å². The third-order valence-corrected chi connectivity index (χ3v) is 3.44. The Hall–Kier alpha value is -0.730. The van der Waals surface area contributed by atoms with E-state index in [0.29, 0.717) is 13.0 Å². The fourth-order valence-electron chi connectivity index (χ4n) is 2.11. The number of nitrogens with one attached hydrogen (secondary N) is 6. The molecule has 0 saturated carbocycles. The molecule has 0 atom stereocenters. The van der Waals surface area contributed by atoms with Gasteiger partial charge in [0.05, 0.1) is 0 Å². The molecule has 0 saturated heterocycles. The van der Waals surface area contributed by atoms with Gasteiger partial charge in [0.2, 0.25) is 5.91 Å². The van der Waals surface area contributed by atoms with Crippen molar-refractivity contribution in [1.29, 1.82) is 0 Å². The normalized spacial score (nSPS) is 10.9. The third kappa shape index (κ3) is 19.3. The molecule has 0 aliphatic carbocycles. The molecule has 0 aliphatic rings. The van der Waals surface area contributed by atoms with E-state index in [1.54, 1.807) is 0 Å². The average Bonchev–Trinajstić information content (AvgIpc) is 2.58. The molecule has 0 radical (unpaired) electrons. The van der Waals surface area contributed by atoms with Gasteiger partial charge in [-0.3, -0.25) is 4.79 Å². The van der Waals surface area contributed by atoms with E-state index in [-0.39, 0.29) is 5.91 Å². The number of amides is 1. The first-order valence-electron chi connectivity index (χ1n) is 9.61. The van der Waals surface area contributed by atoms with Crippen LogP contribution in [0, 0.1) is 0 Å². The predicted molar refractivity (Wildman–Crippen MR) is 103 cm³/mol. The molecule has 6 N–H and O–H groups in total. The Bertz CT molecular complexity index is 265.